The van der Waals surface area contributed by atoms with Crippen molar-refractivity contribution in [2.45, 2.75) is 6.92 Å². The first-order chi connectivity index (χ1) is 9.77. The molecule has 3 N–H and O–H groups in total. The Morgan fingerprint density at radius 3 is 2.38 bits per heavy atom. The minimum atomic E-state index is -4.19. The van der Waals surface area contributed by atoms with Crippen LogP contribution in [0.15, 0.2) is 48.8 Å². The van der Waals surface area contributed by atoms with Crippen LogP contribution in [0.1, 0.15) is 5.56 Å². The van der Waals surface area contributed by atoms with Gasteiger partial charge >= 0.3 is 28.9 Å². The first kappa shape index (κ1) is 15.9. The molecule has 21 heavy (non-hydrogen) atoms. The number of halogens is 2. The number of aromatic nitrogens is 1. The number of hydrogen-bond donors (Lipinski definition) is 3. The molecule has 0 unspecified atom stereocenters. The normalized spacial score (nSPS) is 12.1. The van der Waals surface area contributed by atoms with Gasteiger partial charge in [0.05, 0.1) is 10.4 Å². The predicted octanol–water partition coefficient (Wildman–Crippen LogP) is 0.680. The fourth-order valence-electron chi connectivity index (χ4n) is 2.16. The molecule has 0 bridgehead atoms. The van der Waals surface area contributed by atoms with Gasteiger partial charge in [-0.05, 0) is 24.4 Å². The standard InChI is InChI=1S/C14H11ClN.ClH3O4/c1-10-11-5-4-6-13(15)12(11)9-16-8-3-2-7-14(10)16;2-1(3,4)5/h2-9H,1H3;2-4H/q+1;. The molecule has 0 atom stereocenters. The van der Waals surface area contributed by atoms with Gasteiger partial charge in [0.1, 0.15) is 0 Å². The second-order valence-electron chi connectivity index (χ2n) is 4.38. The van der Waals surface area contributed by atoms with Crippen LogP contribution in [0.25, 0.3) is 16.3 Å². The summed E-state index contributed by atoms with van der Waals surface area (Å²) in [6.45, 7) is 2.13. The van der Waals surface area contributed by atoms with E-state index in [-0.39, 0.29) is 0 Å². The summed E-state index contributed by atoms with van der Waals surface area (Å²) in [4.78, 5) is 0. The fourth-order valence-corrected chi connectivity index (χ4v) is 2.38. The first-order valence-electron chi connectivity index (χ1n) is 5.91. The molecule has 1 aromatic carbocycles. The SMILES string of the molecule is Cc1c2cccc(Cl)c2c[n+]2ccccc12.[O-][Cl+](O)(O)O. The Kier molecular flexibility index (Phi) is 4.63. The second-order valence-corrected chi connectivity index (χ2v) is 5.66. The van der Waals surface area contributed by atoms with Gasteiger partial charge in [-0.3, -0.25) is 0 Å². The van der Waals surface area contributed by atoms with Gasteiger partial charge in [0.25, 0.3) is 0 Å². The summed E-state index contributed by atoms with van der Waals surface area (Å²) in [6, 6.07) is 12.2. The summed E-state index contributed by atoms with van der Waals surface area (Å²) in [7, 11) is -4.19. The number of pyridine rings is 2. The zero-order valence-electron chi connectivity index (χ0n) is 11.1. The Labute approximate surface area is 128 Å². The van der Waals surface area contributed by atoms with Crippen LogP contribution >= 0.6 is 11.6 Å². The molecule has 2 aromatic heterocycles. The number of benzene rings is 1. The molecular weight excluding hydrogens is 317 g/mol. The Morgan fingerprint density at radius 2 is 1.71 bits per heavy atom. The van der Waals surface area contributed by atoms with Crippen LogP contribution in [-0.2, 0) is 0 Å². The quantitative estimate of drug-likeness (QED) is 0.418. The van der Waals surface area contributed by atoms with Crippen LogP contribution in [-0.4, -0.2) is 14.0 Å². The Hall–Kier alpha value is -1.47. The Bertz CT molecular complexity index is 781. The summed E-state index contributed by atoms with van der Waals surface area (Å²) < 4.78 is 32.3. The van der Waals surface area contributed by atoms with E-state index in [2.05, 4.69) is 35.7 Å². The molecule has 0 aliphatic carbocycles. The van der Waals surface area contributed by atoms with Gasteiger partial charge in [0.2, 0.25) is 5.52 Å². The van der Waals surface area contributed by atoms with Gasteiger partial charge in [-0.15, -0.1) is 0 Å². The molecule has 0 saturated carbocycles. The van der Waals surface area contributed by atoms with E-state index in [1.165, 1.54) is 16.5 Å². The van der Waals surface area contributed by atoms with Crippen molar-refractivity contribution >= 4 is 27.9 Å². The van der Waals surface area contributed by atoms with Gasteiger partial charge in [-0.2, -0.15) is 4.40 Å². The summed E-state index contributed by atoms with van der Waals surface area (Å²) in [5.74, 6) is 0. The third-order valence-corrected chi connectivity index (χ3v) is 3.33. The molecule has 2 heterocycles. The summed E-state index contributed by atoms with van der Waals surface area (Å²) in [5, 5.41) is 3.13. The zero-order chi connectivity index (χ0) is 15.6. The zero-order valence-corrected chi connectivity index (χ0v) is 12.6. The average Bonchev–Trinajstić information content (AvgIpc) is 2.39. The van der Waals surface area contributed by atoms with E-state index in [0.717, 1.165) is 10.4 Å². The van der Waals surface area contributed by atoms with Crippen LogP contribution in [0.2, 0.25) is 5.02 Å². The van der Waals surface area contributed by atoms with Crippen molar-refractivity contribution in [3.05, 3.63) is 59.4 Å². The molecule has 0 radical (unpaired) electrons. The number of hydrogen-bond acceptors (Lipinski definition) is 4. The van der Waals surface area contributed by atoms with Crippen molar-refractivity contribution < 1.29 is 33.3 Å². The van der Waals surface area contributed by atoms with Crippen molar-refractivity contribution in [3.63, 3.8) is 0 Å². The molecule has 0 fully saturated rings. The van der Waals surface area contributed by atoms with E-state index >= 15 is 0 Å². The Morgan fingerprint density at radius 1 is 1.05 bits per heavy atom. The number of rotatable bonds is 0. The van der Waals surface area contributed by atoms with Crippen LogP contribution in [0.5, 0.6) is 0 Å². The third-order valence-electron chi connectivity index (χ3n) is 3.00. The van der Waals surface area contributed by atoms with Crippen LogP contribution in [0.4, 0.5) is 0 Å². The summed E-state index contributed by atoms with van der Waals surface area (Å²) in [6.07, 6.45) is 4.13. The average molecular weight is 331 g/mol. The minimum absolute atomic E-state index is 0.804. The maximum atomic E-state index is 8.83. The predicted molar refractivity (Wildman–Crippen MR) is 73.5 cm³/mol. The summed E-state index contributed by atoms with van der Waals surface area (Å²) in [5.41, 5.74) is 2.48. The van der Waals surface area contributed by atoms with Gasteiger partial charge in [0, 0.05) is 17.7 Å². The van der Waals surface area contributed by atoms with E-state index in [1.54, 1.807) is 0 Å². The molecular formula is C14H14Cl2NO4+. The van der Waals surface area contributed by atoms with E-state index in [9.17, 15) is 0 Å². The van der Waals surface area contributed by atoms with Gasteiger partial charge < -0.3 is 0 Å². The number of aryl methyl sites for hydroxylation is 1. The topological polar surface area (TPSA) is 87.9 Å². The molecule has 5 nitrogen and oxygen atoms in total. The van der Waals surface area contributed by atoms with Crippen LogP contribution in [0, 0.1) is 17.2 Å². The van der Waals surface area contributed by atoms with E-state index in [4.69, 9.17) is 30.2 Å². The van der Waals surface area contributed by atoms with Crippen molar-refractivity contribution in [2.75, 3.05) is 0 Å². The molecule has 0 saturated heterocycles. The molecule has 0 spiro atoms. The number of fused-ring (bicyclic) bond motifs is 2. The molecule has 0 aliphatic heterocycles. The van der Waals surface area contributed by atoms with E-state index in [0.29, 0.717) is 0 Å². The van der Waals surface area contributed by atoms with E-state index in [1.807, 2.05) is 24.4 Å². The van der Waals surface area contributed by atoms with Crippen LogP contribution in [0.3, 0.4) is 0 Å². The van der Waals surface area contributed by atoms with Gasteiger partial charge in [-0.1, -0.05) is 23.7 Å². The fraction of sp³-hybridized carbons (Fsp3) is 0.0714. The molecule has 7 heteroatoms. The van der Waals surface area contributed by atoms with Crippen molar-refractivity contribution in [2.24, 2.45) is 0 Å². The van der Waals surface area contributed by atoms with Crippen molar-refractivity contribution in [3.8, 4) is 0 Å². The number of nitrogens with zero attached hydrogens (tertiary/aromatic N) is 1. The molecule has 3 aromatic rings. The summed E-state index contributed by atoms with van der Waals surface area (Å²) >= 11 is 6.22. The van der Waals surface area contributed by atoms with E-state index < -0.39 is 10.2 Å². The van der Waals surface area contributed by atoms with Crippen molar-refractivity contribution in [1.29, 1.82) is 0 Å². The molecule has 3 rings (SSSR count). The van der Waals surface area contributed by atoms with Gasteiger partial charge in [-0.25, -0.2) is 0 Å². The molecule has 0 aliphatic rings. The monoisotopic (exact) mass is 330 g/mol. The second kappa shape index (κ2) is 6.11. The molecule has 112 valence electrons. The van der Waals surface area contributed by atoms with Crippen molar-refractivity contribution in [1.82, 2.24) is 0 Å². The first-order valence-corrected chi connectivity index (χ1v) is 7.61. The Balaban J connectivity index is 0.000000282. The van der Waals surface area contributed by atoms with Gasteiger partial charge in [0.15, 0.2) is 12.4 Å². The maximum absolute atomic E-state index is 8.83. The third kappa shape index (κ3) is 4.01. The molecule has 0 amide bonds. The van der Waals surface area contributed by atoms with Crippen LogP contribution < -0.4 is 9.06 Å².